The third-order valence-corrected chi connectivity index (χ3v) is 3.33. The fourth-order valence-electron chi connectivity index (χ4n) is 1.93. The number of nitrogens with one attached hydrogen (secondary N) is 1. The van der Waals surface area contributed by atoms with Crippen LogP contribution in [-0.4, -0.2) is 30.4 Å². The number of hydrogen-bond acceptors (Lipinski definition) is 3. The Labute approximate surface area is 101 Å². The minimum Gasteiger partial charge on any atom is -0.465 e. The van der Waals surface area contributed by atoms with Gasteiger partial charge in [-0.3, -0.25) is 9.59 Å². The van der Waals surface area contributed by atoms with Gasteiger partial charge in [0.1, 0.15) is 11.9 Å². The third-order valence-electron chi connectivity index (χ3n) is 2.78. The number of hydrogen-bond donors (Lipinski definition) is 1. The van der Waals surface area contributed by atoms with Gasteiger partial charge in [-0.05, 0) is 25.7 Å². The summed E-state index contributed by atoms with van der Waals surface area (Å²) in [5.74, 6) is -0.434. The van der Waals surface area contributed by atoms with Gasteiger partial charge in [0, 0.05) is 0 Å². The van der Waals surface area contributed by atoms with E-state index in [0.29, 0.717) is 6.61 Å². The highest BCUT2D eigenvalue weighted by Crippen LogP contribution is 2.30. The van der Waals surface area contributed by atoms with Crippen molar-refractivity contribution in [2.45, 2.75) is 38.0 Å². The van der Waals surface area contributed by atoms with Gasteiger partial charge in [0.2, 0.25) is 5.91 Å². The molecule has 0 bridgehead atoms. The van der Waals surface area contributed by atoms with Crippen molar-refractivity contribution >= 4 is 23.5 Å². The van der Waals surface area contributed by atoms with E-state index in [4.69, 9.17) is 16.3 Å². The summed E-state index contributed by atoms with van der Waals surface area (Å²) in [4.78, 5) is 22.6. The zero-order valence-corrected chi connectivity index (χ0v) is 10.3. The summed E-state index contributed by atoms with van der Waals surface area (Å²) in [7, 11) is 0. The lowest BCUT2D eigenvalue weighted by molar-refractivity contribution is -0.143. The third kappa shape index (κ3) is 4.00. The van der Waals surface area contributed by atoms with Gasteiger partial charge in [-0.15, -0.1) is 11.6 Å². The minimum atomic E-state index is -0.517. The summed E-state index contributed by atoms with van der Waals surface area (Å²) in [6.07, 6.45) is 4.28. The van der Waals surface area contributed by atoms with E-state index in [1.54, 1.807) is 6.92 Å². The van der Waals surface area contributed by atoms with Gasteiger partial charge in [0.25, 0.3) is 0 Å². The van der Waals surface area contributed by atoms with Crippen LogP contribution in [0.1, 0.15) is 32.6 Å². The van der Waals surface area contributed by atoms with Crippen LogP contribution in [0.3, 0.4) is 0 Å². The SMILES string of the molecule is CCOC(=O)CNC(=O)C(Cl)C1CCCC1. The Kier molecular flexibility index (Phi) is 5.60. The number of carbonyl (C=O) groups is 2. The predicted octanol–water partition coefficient (Wildman–Crippen LogP) is 1.46. The van der Waals surface area contributed by atoms with Crippen LogP contribution in [0.2, 0.25) is 0 Å². The van der Waals surface area contributed by atoms with Gasteiger partial charge in [0.05, 0.1) is 6.61 Å². The van der Waals surface area contributed by atoms with Crippen LogP contribution >= 0.6 is 11.6 Å². The molecule has 16 heavy (non-hydrogen) atoms. The van der Waals surface area contributed by atoms with Crippen LogP contribution in [-0.2, 0) is 14.3 Å². The van der Waals surface area contributed by atoms with E-state index in [2.05, 4.69) is 5.32 Å². The molecular formula is C11H18ClNO3. The number of rotatable bonds is 5. The molecular weight excluding hydrogens is 230 g/mol. The summed E-state index contributed by atoms with van der Waals surface area (Å²) in [6, 6.07) is 0. The maximum absolute atomic E-state index is 11.6. The standard InChI is InChI=1S/C11H18ClNO3/c1-2-16-9(14)7-13-11(15)10(12)8-5-3-4-6-8/h8,10H,2-7H2,1H3,(H,13,15). The lowest BCUT2D eigenvalue weighted by Crippen LogP contribution is -2.38. The lowest BCUT2D eigenvalue weighted by atomic mass is 10.0. The highest BCUT2D eigenvalue weighted by molar-refractivity contribution is 6.31. The molecule has 1 saturated carbocycles. The van der Waals surface area contributed by atoms with Crippen molar-refractivity contribution in [1.29, 1.82) is 0 Å². The number of alkyl halides is 1. The monoisotopic (exact) mass is 247 g/mol. The molecule has 0 saturated heterocycles. The maximum Gasteiger partial charge on any atom is 0.325 e. The van der Waals surface area contributed by atoms with E-state index in [1.807, 2.05) is 0 Å². The predicted molar refractivity (Wildman–Crippen MR) is 61.2 cm³/mol. The van der Waals surface area contributed by atoms with Gasteiger partial charge in [-0.1, -0.05) is 12.8 Å². The smallest absolute Gasteiger partial charge is 0.325 e. The van der Waals surface area contributed by atoms with E-state index in [0.717, 1.165) is 25.7 Å². The lowest BCUT2D eigenvalue weighted by Gasteiger charge is -2.15. The van der Waals surface area contributed by atoms with Gasteiger partial charge in [-0.2, -0.15) is 0 Å². The van der Waals surface area contributed by atoms with Crippen LogP contribution < -0.4 is 5.32 Å². The Hall–Kier alpha value is -0.770. The van der Waals surface area contributed by atoms with Crippen LogP contribution in [0, 0.1) is 5.92 Å². The first-order chi connectivity index (χ1) is 7.65. The average Bonchev–Trinajstić information content (AvgIpc) is 2.78. The van der Waals surface area contributed by atoms with Crippen molar-refractivity contribution in [3.8, 4) is 0 Å². The molecule has 1 aliphatic carbocycles. The molecule has 0 aromatic heterocycles. The summed E-state index contributed by atoms with van der Waals surface area (Å²) in [6.45, 7) is 1.95. The van der Waals surface area contributed by atoms with Crippen LogP contribution in [0.5, 0.6) is 0 Å². The van der Waals surface area contributed by atoms with Crippen LogP contribution in [0.25, 0.3) is 0 Å². The summed E-state index contributed by atoms with van der Waals surface area (Å²) in [5.41, 5.74) is 0. The van der Waals surface area contributed by atoms with Gasteiger partial charge in [0.15, 0.2) is 0 Å². The number of halogens is 1. The Morgan fingerprint density at radius 2 is 2.06 bits per heavy atom. The molecule has 1 rings (SSSR count). The second kappa shape index (κ2) is 6.74. The zero-order chi connectivity index (χ0) is 12.0. The molecule has 0 aliphatic heterocycles. The number of carbonyl (C=O) groups excluding carboxylic acids is 2. The highest BCUT2D eigenvalue weighted by Gasteiger charge is 2.28. The Morgan fingerprint density at radius 3 is 2.62 bits per heavy atom. The number of amides is 1. The van der Waals surface area contributed by atoms with E-state index in [1.165, 1.54) is 0 Å². The van der Waals surface area contributed by atoms with Crippen molar-refractivity contribution in [3.63, 3.8) is 0 Å². The molecule has 1 aliphatic rings. The van der Waals surface area contributed by atoms with Crippen molar-refractivity contribution in [3.05, 3.63) is 0 Å². The molecule has 0 aromatic carbocycles. The Bertz CT molecular complexity index is 252. The second-order valence-corrected chi connectivity index (χ2v) is 4.44. The molecule has 1 amide bonds. The zero-order valence-electron chi connectivity index (χ0n) is 9.50. The largest absolute Gasteiger partial charge is 0.465 e. The molecule has 1 atom stereocenters. The van der Waals surface area contributed by atoms with E-state index in [-0.39, 0.29) is 18.4 Å². The van der Waals surface area contributed by atoms with Crippen molar-refractivity contribution in [2.75, 3.05) is 13.2 Å². The molecule has 0 aromatic rings. The normalized spacial score (nSPS) is 18.1. The van der Waals surface area contributed by atoms with Gasteiger partial charge in [-0.25, -0.2) is 0 Å². The molecule has 0 heterocycles. The first kappa shape index (κ1) is 13.3. The van der Waals surface area contributed by atoms with Gasteiger partial charge < -0.3 is 10.1 Å². The molecule has 92 valence electrons. The Balaban J connectivity index is 2.25. The molecule has 1 fully saturated rings. The first-order valence-electron chi connectivity index (χ1n) is 5.72. The summed E-state index contributed by atoms with van der Waals surface area (Å²) < 4.78 is 4.70. The van der Waals surface area contributed by atoms with E-state index in [9.17, 15) is 9.59 Å². The van der Waals surface area contributed by atoms with E-state index < -0.39 is 11.3 Å². The van der Waals surface area contributed by atoms with Crippen LogP contribution in [0.15, 0.2) is 0 Å². The fraction of sp³-hybridized carbons (Fsp3) is 0.818. The summed E-state index contributed by atoms with van der Waals surface area (Å²) in [5, 5.41) is 1.98. The fourth-order valence-corrected chi connectivity index (χ4v) is 2.26. The molecule has 1 unspecified atom stereocenters. The van der Waals surface area contributed by atoms with Crippen LogP contribution in [0.4, 0.5) is 0 Å². The molecule has 5 heteroatoms. The van der Waals surface area contributed by atoms with Crippen molar-refractivity contribution < 1.29 is 14.3 Å². The molecule has 4 nitrogen and oxygen atoms in total. The Morgan fingerprint density at radius 1 is 1.44 bits per heavy atom. The van der Waals surface area contributed by atoms with Gasteiger partial charge >= 0.3 is 5.97 Å². The average molecular weight is 248 g/mol. The minimum absolute atomic E-state index is 0.0946. The highest BCUT2D eigenvalue weighted by atomic mass is 35.5. The number of esters is 1. The van der Waals surface area contributed by atoms with Crippen molar-refractivity contribution in [2.24, 2.45) is 5.92 Å². The molecule has 1 N–H and O–H groups in total. The quantitative estimate of drug-likeness (QED) is 0.591. The maximum atomic E-state index is 11.6. The first-order valence-corrected chi connectivity index (χ1v) is 6.16. The topological polar surface area (TPSA) is 55.4 Å². The molecule has 0 spiro atoms. The number of ether oxygens (including phenoxy) is 1. The van der Waals surface area contributed by atoms with Crippen molar-refractivity contribution in [1.82, 2.24) is 5.32 Å². The molecule has 0 radical (unpaired) electrons. The summed E-state index contributed by atoms with van der Waals surface area (Å²) >= 11 is 6.03. The second-order valence-electron chi connectivity index (χ2n) is 3.97. The van der Waals surface area contributed by atoms with E-state index >= 15 is 0 Å².